The first-order valence-corrected chi connectivity index (χ1v) is 5.64. The predicted molar refractivity (Wildman–Crippen MR) is 59.6 cm³/mol. The van der Waals surface area contributed by atoms with Crippen LogP contribution >= 0.6 is 11.8 Å². The van der Waals surface area contributed by atoms with E-state index in [0.29, 0.717) is 12.8 Å². The van der Waals surface area contributed by atoms with Gasteiger partial charge in [0.05, 0.1) is 6.07 Å². The number of carbonyl (C=O) groups excluding carboxylic acids is 1. The lowest BCUT2D eigenvalue weighted by molar-refractivity contribution is -0.124. The maximum atomic E-state index is 11.0. The topological polar surface area (TPSA) is 40.9 Å². The van der Waals surface area contributed by atoms with Gasteiger partial charge in [-0.15, -0.1) is 11.8 Å². The summed E-state index contributed by atoms with van der Waals surface area (Å²) in [7, 11) is 0. The molecule has 0 atom stereocenters. The molecule has 0 aliphatic heterocycles. The molecule has 0 heterocycles. The zero-order chi connectivity index (χ0) is 10.9. The number of thioether (sulfide) groups is 1. The maximum absolute atomic E-state index is 11.0. The molecular weight excluding hydrogens is 206 g/mol. The molecular formula is C12H11NOS. The zero-order valence-corrected chi connectivity index (χ0v) is 9.30. The molecule has 15 heavy (non-hydrogen) atoms. The maximum Gasteiger partial charge on any atom is 0.137 e. The largest absolute Gasteiger partial charge is 0.300 e. The Balaban J connectivity index is 2.15. The molecule has 0 aromatic heterocycles. The van der Waals surface area contributed by atoms with Crippen molar-refractivity contribution in [3.8, 4) is 6.07 Å². The van der Waals surface area contributed by atoms with Crippen LogP contribution in [-0.2, 0) is 4.79 Å². The van der Waals surface area contributed by atoms with Crippen molar-refractivity contribution in [2.45, 2.75) is 29.4 Å². The minimum absolute atomic E-state index is 0.191. The summed E-state index contributed by atoms with van der Waals surface area (Å²) >= 11 is 1.51. The van der Waals surface area contributed by atoms with Crippen molar-refractivity contribution in [3.63, 3.8) is 0 Å². The molecule has 3 heteroatoms. The van der Waals surface area contributed by atoms with E-state index >= 15 is 0 Å². The van der Waals surface area contributed by atoms with Crippen LogP contribution < -0.4 is 0 Å². The van der Waals surface area contributed by atoms with E-state index < -0.39 is 4.75 Å². The Kier molecular flexibility index (Phi) is 2.54. The van der Waals surface area contributed by atoms with Crippen LogP contribution in [0.3, 0.4) is 0 Å². The number of hydrogen-bond donors (Lipinski definition) is 0. The van der Waals surface area contributed by atoms with E-state index in [9.17, 15) is 4.79 Å². The Morgan fingerprint density at radius 3 is 2.73 bits per heavy atom. The fourth-order valence-corrected chi connectivity index (χ4v) is 3.02. The van der Waals surface area contributed by atoms with Gasteiger partial charge in [-0.1, -0.05) is 17.7 Å². The standard InChI is InChI=1S/C12H11NOS/c1-9-3-2-4-11(5-9)15-12(8-13)6-10(14)7-12/h2-5H,6-7H2,1H3. The van der Waals surface area contributed by atoms with Crippen molar-refractivity contribution in [2.75, 3.05) is 0 Å². The van der Waals surface area contributed by atoms with Crippen LogP contribution in [0.2, 0.25) is 0 Å². The molecule has 0 amide bonds. The first kappa shape index (κ1) is 10.3. The monoisotopic (exact) mass is 217 g/mol. The molecule has 1 aliphatic rings. The molecule has 0 unspecified atom stereocenters. The third-order valence-electron chi connectivity index (χ3n) is 2.47. The molecule has 0 radical (unpaired) electrons. The Morgan fingerprint density at radius 2 is 2.20 bits per heavy atom. The van der Waals surface area contributed by atoms with Crippen LogP contribution in [0, 0.1) is 18.3 Å². The normalized spacial score (nSPS) is 18.0. The van der Waals surface area contributed by atoms with E-state index in [2.05, 4.69) is 6.07 Å². The molecule has 0 spiro atoms. The molecule has 1 saturated carbocycles. The summed E-state index contributed by atoms with van der Waals surface area (Å²) in [4.78, 5) is 12.0. The SMILES string of the molecule is Cc1cccc(SC2(C#N)CC(=O)C2)c1. The van der Waals surface area contributed by atoms with Gasteiger partial charge in [-0.2, -0.15) is 5.26 Å². The van der Waals surface area contributed by atoms with Crippen LogP contribution in [0.1, 0.15) is 18.4 Å². The molecule has 1 fully saturated rings. The molecule has 1 aliphatic carbocycles. The molecule has 2 rings (SSSR count). The van der Waals surface area contributed by atoms with Gasteiger partial charge in [0, 0.05) is 17.7 Å². The van der Waals surface area contributed by atoms with Gasteiger partial charge in [0.15, 0.2) is 0 Å². The number of benzene rings is 1. The fraction of sp³-hybridized carbons (Fsp3) is 0.333. The highest BCUT2D eigenvalue weighted by molar-refractivity contribution is 8.01. The van der Waals surface area contributed by atoms with Gasteiger partial charge in [-0.05, 0) is 19.1 Å². The molecule has 0 saturated heterocycles. The summed E-state index contributed by atoms with van der Waals surface area (Å²) in [6, 6.07) is 10.3. The summed E-state index contributed by atoms with van der Waals surface area (Å²) in [5.74, 6) is 0.191. The summed E-state index contributed by atoms with van der Waals surface area (Å²) in [5.41, 5.74) is 1.18. The third kappa shape index (κ3) is 2.05. The smallest absolute Gasteiger partial charge is 0.137 e. The summed E-state index contributed by atoms with van der Waals surface area (Å²) < 4.78 is -0.495. The third-order valence-corrected chi connectivity index (χ3v) is 3.73. The summed E-state index contributed by atoms with van der Waals surface area (Å²) in [6.07, 6.45) is 0.782. The van der Waals surface area contributed by atoms with Crippen molar-refractivity contribution in [1.82, 2.24) is 0 Å². The molecule has 1 aromatic carbocycles. The Labute approximate surface area is 93.3 Å². The second-order valence-corrected chi connectivity index (χ2v) is 5.37. The van der Waals surface area contributed by atoms with E-state index in [4.69, 9.17) is 5.26 Å². The number of nitrogens with zero attached hydrogens (tertiary/aromatic N) is 1. The van der Waals surface area contributed by atoms with Gasteiger partial charge in [0.2, 0.25) is 0 Å². The van der Waals surface area contributed by atoms with Gasteiger partial charge in [-0.25, -0.2) is 0 Å². The number of carbonyl (C=O) groups is 1. The van der Waals surface area contributed by atoms with Gasteiger partial charge in [0.25, 0.3) is 0 Å². The van der Waals surface area contributed by atoms with Crippen molar-refractivity contribution in [3.05, 3.63) is 29.8 Å². The van der Waals surface area contributed by atoms with E-state index in [-0.39, 0.29) is 5.78 Å². The Bertz CT molecular complexity index is 439. The van der Waals surface area contributed by atoms with Gasteiger partial charge >= 0.3 is 0 Å². The molecule has 76 valence electrons. The first-order chi connectivity index (χ1) is 7.13. The number of ketones is 1. The lowest BCUT2D eigenvalue weighted by Crippen LogP contribution is -2.39. The van der Waals surface area contributed by atoms with Crippen molar-refractivity contribution in [1.29, 1.82) is 5.26 Å². The van der Waals surface area contributed by atoms with Crippen molar-refractivity contribution >= 4 is 17.5 Å². The zero-order valence-electron chi connectivity index (χ0n) is 8.49. The van der Waals surface area contributed by atoms with Gasteiger partial charge in [-0.3, -0.25) is 4.79 Å². The quantitative estimate of drug-likeness (QED) is 0.764. The molecule has 0 N–H and O–H groups in total. The minimum atomic E-state index is -0.495. The molecule has 2 nitrogen and oxygen atoms in total. The first-order valence-electron chi connectivity index (χ1n) is 4.82. The van der Waals surface area contributed by atoms with E-state index in [1.807, 2.05) is 31.2 Å². The summed E-state index contributed by atoms with van der Waals surface area (Å²) in [5, 5.41) is 9.06. The lowest BCUT2D eigenvalue weighted by atomic mass is 9.84. The van der Waals surface area contributed by atoms with Gasteiger partial charge < -0.3 is 0 Å². The van der Waals surface area contributed by atoms with Crippen LogP contribution in [0.5, 0.6) is 0 Å². The number of nitriles is 1. The van der Waals surface area contributed by atoms with Crippen molar-refractivity contribution < 1.29 is 4.79 Å². The van der Waals surface area contributed by atoms with Gasteiger partial charge in [0.1, 0.15) is 10.5 Å². The molecule has 0 bridgehead atoms. The van der Waals surface area contributed by atoms with Crippen LogP contribution in [0.4, 0.5) is 0 Å². The van der Waals surface area contributed by atoms with E-state index in [1.54, 1.807) is 0 Å². The number of Topliss-reactive ketones (excluding diaryl/α,β-unsaturated/α-hetero) is 1. The average Bonchev–Trinajstić information content (AvgIpc) is 2.15. The van der Waals surface area contributed by atoms with Crippen molar-refractivity contribution in [2.24, 2.45) is 0 Å². The lowest BCUT2D eigenvalue weighted by Gasteiger charge is -2.32. The number of hydrogen-bond acceptors (Lipinski definition) is 3. The highest BCUT2D eigenvalue weighted by Crippen LogP contribution is 2.45. The summed E-state index contributed by atoms with van der Waals surface area (Å²) in [6.45, 7) is 2.02. The van der Waals surface area contributed by atoms with Crippen LogP contribution in [0.25, 0.3) is 0 Å². The average molecular weight is 217 g/mol. The second-order valence-electron chi connectivity index (χ2n) is 3.92. The van der Waals surface area contributed by atoms with Crippen LogP contribution in [0.15, 0.2) is 29.2 Å². The van der Waals surface area contributed by atoms with E-state index in [0.717, 1.165) is 4.90 Å². The Morgan fingerprint density at radius 1 is 1.47 bits per heavy atom. The predicted octanol–water partition coefficient (Wildman–Crippen LogP) is 2.71. The highest BCUT2D eigenvalue weighted by atomic mass is 32.2. The van der Waals surface area contributed by atoms with E-state index in [1.165, 1.54) is 17.3 Å². The number of aryl methyl sites for hydroxylation is 1. The Hall–Kier alpha value is -1.27. The highest BCUT2D eigenvalue weighted by Gasteiger charge is 2.44. The second kappa shape index (κ2) is 3.71. The fourth-order valence-electron chi connectivity index (χ4n) is 1.66. The number of rotatable bonds is 2. The van der Waals surface area contributed by atoms with Crippen LogP contribution in [-0.4, -0.2) is 10.5 Å². The minimum Gasteiger partial charge on any atom is -0.300 e. The molecule has 1 aromatic rings.